The van der Waals surface area contributed by atoms with Crippen molar-refractivity contribution < 1.29 is 9.90 Å². The molecule has 1 aliphatic rings. The van der Waals surface area contributed by atoms with Crippen molar-refractivity contribution in [2.45, 2.75) is 32.7 Å². The van der Waals surface area contributed by atoms with Crippen LogP contribution in [-0.2, 0) is 17.8 Å². The molecule has 4 nitrogen and oxygen atoms in total. The maximum atomic E-state index is 10.6. The molecule has 1 N–H and O–H groups in total. The standard InChI is InChI=1S/C10H13BrN2O2/c1-6-12-10(11)8-4-7(5-9(14)15)2-3-13(6)8/h7H,2-5H2,1H3,(H,14,15). The SMILES string of the molecule is Cc1nc(Br)c2n1CCC(CC(=O)O)C2. The van der Waals surface area contributed by atoms with Gasteiger partial charge in [0.15, 0.2) is 0 Å². The van der Waals surface area contributed by atoms with Gasteiger partial charge < -0.3 is 9.67 Å². The molecule has 0 saturated carbocycles. The molecule has 0 aromatic carbocycles. The van der Waals surface area contributed by atoms with E-state index in [1.807, 2.05) is 6.92 Å². The molecule has 0 bridgehead atoms. The van der Waals surface area contributed by atoms with Gasteiger partial charge in [0.05, 0.1) is 5.69 Å². The van der Waals surface area contributed by atoms with E-state index >= 15 is 0 Å². The van der Waals surface area contributed by atoms with E-state index in [2.05, 4.69) is 25.5 Å². The summed E-state index contributed by atoms with van der Waals surface area (Å²) >= 11 is 3.42. The van der Waals surface area contributed by atoms with Crippen LogP contribution in [-0.4, -0.2) is 20.6 Å². The Morgan fingerprint density at radius 2 is 2.47 bits per heavy atom. The van der Waals surface area contributed by atoms with E-state index in [1.165, 1.54) is 0 Å². The Labute approximate surface area is 96.4 Å². The number of aryl methyl sites for hydroxylation is 1. The van der Waals surface area contributed by atoms with Gasteiger partial charge in [-0.15, -0.1) is 0 Å². The lowest BCUT2D eigenvalue weighted by atomic mass is 9.93. The number of nitrogens with zero attached hydrogens (tertiary/aromatic N) is 2. The highest BCUT2D eigenvalue weighted by Crippen LogP contribution is 2.29. The molecule has 2 heterocycles. The predicted molar refractivity (Wildman–Crippen MR) is 58.7 cm³/mol. The second-order valence-electron chi connectivity index (χ2n) is 4.00. The van der Waals surface area contributed by atoms with Gasteiger partial charge in [0.2, 0.25) is 0 Å². The van der Waals surface area contributed by atoms with Gasteiger partial charge in [0.1, 0.15) is 10.4 Å². The molecule has 0 radical (unpaired) electrons. The fraction of sp³-hybridized carbons (Fsp3) is 0.600. The van der Waals surface area contributed by atoms with Gasteiger partial charge >= 0.3 is 5.97 Å². The normalized spacial score (nSPS) is 20.0. The predicted octanol–water partition coefficient (Wildman–Crippen LogP) is 1.99. The topological polar surface area (TPSA) is 55.1 Å². The zero-order valence-corrected chi connectivity index (χ0v) is 10.1. The van der Waals surface area contributed by atoms with Gasteiger partial charge in [-0.05, 0) is 41.6 Å². The summed E-state index contributed by atoms with van der Waals surface area (Å²) in [6.45, 7) is 2.86. The van der Waals surface area contributed by atoms with Crippen molar-refractivity contribution in [1.29, 1.82) is 0 Å². The van der Waals surface area contributed by atoms with Gasteiger partial charge in [-0.3, -0.25) is 4.79 Å². The first kappa shape index (κ1) is 10.7. The van der Waals surface area contributed by atoms with Crippen LogP contribution >= 0.6 is 15.9 Å². The lowest BCUT2D eigenvalue weighted by Gasteiger charge is -2.23. The molecular formula is C10H13BrN2O2. The molecule has 0 spiro atoms. The van der Waals surface area contributed by atoms with Gasteiger partial charge in [0, 0.05) is 13.0 Å². The van der Waals surface area contributed by atoms with E-state index in [9.17, 15) is 4.79 Å². The molecule has 82 valence electrons. The number of hydrogen-bond donors (Lipinski definition) is 1. The van der Waals surface area contributed by atoms with Crippen LogP contribution in [0, 0.1) is 12.8 Å². The third-order valence-electron chi connectivity index (χ3n) is 2.92. The molecule has 2 rings (SSSR count). The average molecular weight is 273 g/mol. The molecule has 0 amide bonds. The quantitative estimate of drug-likeness (QED) is 0.896. The molecule has 15 heavy (non-hydrogen) atoms. The Hall–Kier alpha value is -0.840. The van der Waals surface area contributed by atoms with Crippen LogP contribution in [0.3, 0.4) is 0 Å². The van der Waals surface area contributed by atoms with Crippen LogP contribution < -0.4 is 0 Å². The van der Waals surface area contributed by atoms with Gasteiger partial charge in [0.25, 0.3) is 0 Å². The van der Waals surface area contributed by atoms with E-state index < -0.39 is 5.97 Å². The Morgan fingerprint density at radius 3 is 3.13 bits per heavy atom. The summed E-state index contributed by atoms with van der Waals surface area (Å²) in [7, 11) is 0. The Balaban J connectivity index is 2.19. The lowest BCUT2D eigenvalue weighted by Crippen LogP contribution is -2.22. The third kappa shape index (κ3) is 2.07. The number of aliphatic carboxylic acids is 1. The molecule has 1 aromatic heterocycles. The number of rotatable bonds is 2. The van der Waals surface area contributed by atoms with E-state index in [-0.39, 0.29) is 12.3 Å². The fourth-order valence-corrected chi connectivity index (χ4v) is 2.81. The summed E-state index contributed by atoms with van der Waals surface area (Å²) in [6, 6.07) is 0. The summed E-state index contributed by atoms with van der Waals surface area (Å²) in [6.07, 6.45) is 2.01. The average Bonchev–Trinajstić information content (AvgIpc) is 2.41. The molecule has 5 heteroatoms. The van der Waals surface area contributed by atoms with E-state index in [0.717, 1.165) is 35.5 Å². The molecule has 0 fully saturated rings. The van der Waals surface area contributed by atoms with Crippen molar-refractivity contribution in [3.05, 3.63) is 16.1 Å². The lowest BCUT2D eigenvalue weighted by molar-refractivity contribution is -0.138. The number of aromatic nitrogens is 2. The number of imidazole rings is 1. The highest BCUT2D eigenvalue weighted by atomic mass is 79.9. The minimum atomic E-state index is -0.708. The van der Waals surface area contributed by atoms with Crippen molar-refractivity contribution in [2.75, 3.05) is 0 Å². The minimum Gasteiger partial charge on any atom is -0.481 e. The smallest absolute Gasteiger partial charge is 0.303 e. The molecule has 0 saturated heterocycles. The molecule has 1 unspecified atom stereocenters. The Bertz CT molecular complexity index is 400. The molecule has 1 aliphatic heterocycles. The summed E-state index contributed by atoms with van der Waals surface area (Å²) in [5.74, 6) is 0.550. The first-order chi connectivity index (χ1) is 7.08. The zero-order chi connectivity index (χ0) is 11.0. The van der Waals surface area contributed by atoms with Crippen LogP contribution in [0.25, 0.3) is 0 Å². The summed E-state index contributed by atoms with van der Waals surface area (Å²) in [4.78, 5) is 15.0. The van der Waals surface area contributed by atoms with Crippen LogP contribution in [0.5, 0.6) is 0 Å². The van der Waals surface area contributed by atoms with Crippen LogP contribution in [0.4, 0.5) is 0 Å². The summed E-state index contributed by atoms with van der Waals surface area (Å²) < 4.78 is 3.04. The number of fused-ring (bicyclic) bond motifs is 1. The number of hydrogen-bond acceptors (Lipinski definition) is 2. The number of carbonyl (C=O) groups is 1. The molecular weight excluding hydrogens is 260 g/mol. The van der Waals surface area contributed by atoms with Gasteiger partial charge in [-0.2, -0.15) is 0 Å². The first-order valence-electron chi connectivity index (χ1n) is 5.01. The monoisotopic (exact) mass is 272 g/mol. The third-order valence-corrected chi connectivity index (χ3v) is 3.56. The van der Waals surface area contributed by atoms with Gasteiger partial charge in [-0.1, -0.05) is 0 Å². The van der Waals surface area contributed by atoms with Crippen molar-refractivity contribution in [1.82, 2.24) is 9.55 Å². The van der Waals surface area contributed by atoms with Crippen molar-refractivity contribution in [2.24, 2.45) is 5.92 Å². The molecule has 1 atom stereocenters. The highest BCUT2D eigenvalue weighted by Gasteiger charge is 2.24. The van der Waals surface area contributed by atoms with E-state index in [1.54, 1.807) is 0 Å². The second kappa shape index (κ2) is 3.96. The van der Waals surface area contributed by atoms with Crippen molar-refractivity contribution >= 4 is 21.9 Å². The van der Waals surface area contributed by atoms with Crippen LogP contribution in [0.15, 0.2) is 4.60 Å². The minimum absolute atomic E-state index is 0.252. The van der Waals surface area contributed by atoms with E-state index in [0.29, 0.717) is 0 Å². The number of halogens is 1. The van der Waals surface area contributed by atoms with Gasteiger partial charge in [-0.25, -0.2) is 4.98 Å². The van der Waals surface area contributed by atoms with E-state index in [4.69, 9.17) is 5.11 Å². The number of carboxylic acids is 1. The van der Waals surface area contributed by atoms with Crippen molar-refractivity contribution in [3.63, 3.8) is 0 Å². The zero-order valence-electron chi connectivity index (χ0n) is 8.53. The number of carboxylic acid groups (broad SMARTS) is 1. The molecule has 1 aromatic rings. The van der Waals surface area contributed by atoms with Crippen LogP contribution in [0.1, 0.15) is 24.4 Å². The largest absolute Gasteiger partial charge is 0.481 e. The molecule has 0 aliphatic carbocycles. The highest BCUT2D eigenvalue weighted by molar-refractivity contribution is 9.10. The summed E-state index contributed by atoms with van der Waals surface area (Å²) in [5, 5.41) is 8.75. The Kier molecular flexibility index (Phi) is 2.82. The Morgan fingerprint density at radius 1 is 1.73 bits per heavy atom. The maximum Gasteiger partial charge on any atom is 0.303 e. The second-order valence-corrected chi connectivity index (χ2v) is 4.76. The van der Waals surface area contributed by atoms with Crippen molar-refractivity contribution in [3.8, 4) is 0 Å². The van der Waals surface area contributed by atoms with Crippen LogP contribution in [0.2, 0.25) is 0 Å². The first-order valence-corrected chi connectivity index (χ1v) is 5.80. The fourth-order valence-electron chi connectivity index (χ4n) is 2.17. The maximum absolute atomic E-state index is 10.6. The summed E-state index contributed by atoms with van der Waals surface area (Å²) in [5.41, 5.74) is 1.14.